The zero-order valence-corrected chi connectivity index (χ0v) is 9.69. The van der Waals surface area contributed by atoms with Crippen molar-refractivity contribution in [3.63, 3.8) is 0 Å². The molecule has 0 radical (unpaired) electrons. The van der Waals surface area contributed by atoms with Gasteiger partial charge >= 0.3 is 0 Å². The highest BCUT2D eigenvalue weighted by Crippen LogP contribution is 2.32. The number of fused-ring (bicyclic) bond motifs is 1. The molecule has 0 spiro atoms. The lowest BCUT2D eigenvalue weighted by Gasteiger charge is -2.19. The normalized spacial score (nSPS) is 30.2. The van der Waals surface area contributed by atoms with Crippen molar-refractivity contribution in [2.45, 2.75) is 13.3 Å². The molecule has 2 fully saturated rings. The molecule has 2 amide bonds. The lowest BCUT2D eigenvalue weighted by Crippen LogP contribution is -2.36. The number of amides is 2. The van der Waals surface area contributed by atoms with Crippen molar-refractivity contribution < 1.29 is 9.59 Å². The zero-order valence-electron chi connectivity index (χ0n) is 9.69. The maximum atomic E-state index is 11.9. The average Bonchev–Trinajstić information content (AvgIpc) is 2.78. The molecule has 2 N–H and O–H groups in total. The first-order chi connectivity index (χ1) is 7.69. The molecule has 2 saturated heterocycles. The van der Waals surface area contributed by atoms with Gasteiger partial charge in [-0.05, 0) is 26.4 Å². The van der Waals surface area contributed by atoms with Gasteiger partial charge in [-0.3, -0.25) is 14.5 Å². The molecule has 2 unspecified atom stereocenters. The molecule has 0 aromatic heterocycles. The fourth-order valence-electron chi connectivity index (χ4n) is 2.70. The number of rotatable bonds is 4. The number of imide groups is 1. The van der Waals surface area contributed by atoms with Crippen molar-refractivity contribution in [3.8, 4) is 0 Å². The minimum Gasteiger partial charge on any atom is -0.330 e. The SMILES string of the molecule is CCN1C(=O)C2CN(CCCN)CC2C1=O. The Morgan fingerprint density at radius 3 is 2.25 bits per heavy atom. The third-order valence-electron chi connectivity index (χ3n) is 3.56. The molecule has 0 bridgehead atoms. The van der Waals surface area contributed by atoms with Gasteiger partial charge in [-0.25, -0.2) is 0 Å². The Morgan fingerprint density at radius 1 is 1.25 bits per heavy atom. The predicted octanol–water partition coefficient (Wildman–Crippen LogP) is -0.728. The summed E-state index contributed by atoms with van der Waals surface area (Å²) in [6.45, 7) is 5.37. The molecule has 2 rings (SSSR count). The first kappa shape index (κ1) is 11.5. The van der Waals surface area contributed by atoms with Gasteiger partial charge in [-0.1, -0.05) is 0 Å². The molecule has 2 heterocycles. The molecule has 2 aliphatic rings. The highest BCUT2D eigenvalue weighted by atomic mass is 16.2. The van der Waals surface area contributed by atoms with Crippen molar-refractivity contribution in [2.24, 2.45) is 17.6 Å². The first-order valence-electron chi connectivity index (χ1n) is 5.96. The molecular weight excluding hydrogens is 206 g/mol. The summed E-state index contributed by atoms with van der Waals surface area (Å²) in [5.74, 6) is -0.143. The summed E-state index contributed by atoms with van der Waals surface area (Å²) in [5.41, 5.74) is 5.45. The standard InChI is InChI=1S/C11H19N3O2/c1-2-14-10(15)8-6-13(5-3-4-12)7-9(8)11(14)16/h8-9H,2-7,12H2,1H3. The number of carbonyl (C=O) groups is 2. The van der Waals surface area contributed by atoms with Gasteiger partial charge in [0.05, 0.1) is 11.8 Å². The molecule has 0 saturated carbocycles. The van der Waals surface area contributed by atoms with Crippen molar-refractivity contribution in [2.75, 3.05) is 32.7 Å². The summed E-state index contributed by atoms with van der Waals surface area (Å²) in [5, 5.41) is 0. The van der Waals surface area contributed by atoms with Crippen LogP contribution in [-0.2, 0) is 9.59 Å². The quantitative estimate of drug-likeness (QED) is 0.641. The molecule has 90 valence electrons. The third kappa shape index (κ3) is 1.74. The lowest BCUT2D eigenvalue weighted by atomic mass is 10.00. The minimum absolute atomic E-state index is 0.0211. The molecule has 0 aliphatic carbocycles. The highest BCUT2D eigenvalue weighted by molar-refractivity contribution is 6.05. The Balaban J connectivity index is 1.99. The number of nitrogens with zero attached hydrogens (tertiary/aromatic N) is 2. The van der Waals surface area contributed by atoms with Crippen LogP contribution in [0.25, 0.3) is 0 Å². The van der Waals surface area contributed by atoms with E-state index in [2.05, 4.69) is 4.90 Å². The largest absolute Gasteiger partial charge is 0.330 e. The van der Waals surface area contributed by atoms with E-state index in [1.54, 1.807) is 0 Å². The second-order valence-corrected chi connectivity index (χ2v) is 4.54. The Morgan fingerprint density at radius 2 is 1.81 bits per heavy atom. The van der Waals surface area contributed by atoms with Crippen LogP contribution >= 0.6 is 0 Å². The van der Waals surface area contributed by atoms with Gasteiger partial charge in [0, 0.05) is 19.6 Å². The summed E-state index contributed by atoms with van der Waals surface area (Å²) >= 11 is 0. The van der Waals surface area contributed by atoms with Crippen molar-refractivity contribution in [1.82, 2.24) is 9.80 Å². The first-order valence-corrected chi connectivity index (χ1v) is 5.96. The fourth-order valence-corrected chi connectivity index (χ4v) is 2.70. The molecule has 16 heavy (non-hydrogen) atoms. The molecule has 0 aromatic rings. The van der Waals surface area contributed by atoms with Crippen LogP contribution in [0.4, 0.5) is 0 Å². The van der Waals surface area contributed by atoms with E-state index in [1.165, 1.54) is 4.90 Å². The van der Waals surface area contributed by atoms with Crippen molar-refractivity contribution in [1.29, 1.82) is 0 Å². The zero-order chi connectivity index (χ0) is 11.7. The second-order valence-electron chi connectivity index (χ2n) is 4.54. The van der Waals surface area contributed by atoms with Crippen LogP contribution in [0.2, 0.25) is 0 Å². The van der Waals surface area contributed by atoms with Gasteiger partial charge in [0.15, 0.2) is 0 Å². The monoisotopic (exact) mass is 225 g/mol. The van der Waals surface area contributed by atoms with E-state index in [-0.39, 0.29) is 23.7 Å². The van der Waals surface area contributed by atoms with Gasteiger partial charge in [0.25, 0.3) is 0 Å². The summed E-state index contributed by atoms with van der Waals surface area (Å²) in [7, 11) is 0. The smallest absolute Gasteiger partial charge is 0.234 e. The van der Waals surface area contributed by atoms with Crippen LogP contribution in [0.5, 0.6) is 0 Å². The van der Waals surface area contributed by atoms with E-state index in [4.69, 9.17) is 5.73 Å². The van der Waals surface area contributed by atoms with Crippen LogP contribution in [0.1, 0.15) is 13.3 Å². The second kappa shape index (κ2) is 4.51. The number of hydrogen-bond acceptors (Lipinski definition) is 4. The minimum atomic E-state index is -0.0924. The Kier molecular flexibility index (Phi) is 3.25. The van der Waals surface area contributed by atoms with Crippen molar-refractivity contribution in [3.05, 3.63) is 0 Å². The molecule has 5 heteroatoms. The van der Waals surface area contributed by atoms with Crippen molar-refractivity contribution >= 4 is 11.8 Å². The van der Waals surface area contributed by atoms with Gasteiger partial charge in [0.1, 0.15) is 0 Å². The van der Waals surface area contributed by atoms with Crippen LogP contribution in [-0.4, -0.2) is 54.3 Å². The molecule has 5 nitrogen and oxygen atoms in total. The molecule has 2 aliphatic heterocycles. The Bertz CT molecular complexity index is 282. The number of likely N-dealkylation sites (tertiary alicyclic amines) is 2. The van der Waals surface area contributed by atoms with Gasteiger partial charge in [-0.2, -0.15) is 0 Å². The van der Waals surface area contributed by atoms with E-state index in [0.29, 0.717) is 13.1 Å². The molecule has 0 aromatic carbocycles. The third-order valence-corrected chi connectivity index (χ3v) is 3.56. The van der Waals surface area contributed by atoms with E-state index in [9.17, 15) is 9.59 Å². The van der Waals surface area contributed by atoms with Crippen LogP contribution < -0.4 is 5.73 Å². The van der Waals surface area contributed by atoms with E-state index < -0.39 is 0 Å². The van der Waals surface area contributed by atoms with Gasteiger partial charge < -0.3 is 10.6 Å². The van der Waals surface area contributed by atoms with Gasteiger partial charge in [-0.15, -0.1) is 0 Å². The van der Waals surface area contributed by atoms with Crippen LogP contribution in [0, 0.1) is 11.8 Å². The summed E-state index contributed by atoms with van der Waals surface area (Å²) in [4.78, 5) is 27.4. The summed E-state index contributed by atoms with van der Waals surface area (Å²) < 4.78 is 0. The summed E-state index contributed by atoms with van der Waals surface area (Å²) in [6, 6.07) is 0. The van der Waals surface area contributed by atoms with E-state index in [0.717, 1.165) is 26.1 Å². The lowest BCUT2D eigenvalue weighted by molar-refractivity contribution is -0.140. The Labute approximate surface area is 95.6 Å². The van der Waals surface area contributed by atoms with Crippen LogP contribution in [0.15, 0.2) is 0 Å². The summed E-state index contributed by atoms with van der Waals surface area (Å²) in [6.07, 6.45) is 0.930. The maximum Gasteiger partial charge on any atom is 0.234 e. The van der Waals surface area contributed by atoms with Gasteiger partial charge in [0.2, 0.25) is 11.8 Å². The molecule has 2 atom stereocenters. The average molecular weight is 225 g/mol. The van der Waals surface area contributed by atoms with E-state index in [1.807, 2.05) is 6.92 Å². The topological polar surface area (TPSA) is 66.6 Å². The molecular formula is C11H19N3O2. The number of nitrogens with two attached hydrogens (primary N) is 1. The van der Waals surface area contributed by atoms with E-state index >= 15 is 0 Å². The maximum absolute atomic E-state index is 11.9. The highest BCUT2D eigenvalue weighted by Gasteiger charge is 2.51. The number of carbonyl (C=O) groups excluding carboxylic acids is 2. The predicted molar refractivity (Wildman–Crippen MR) is 59.5 cm³/mol. The van der Waals surface area contributed by atoms with Crippen LogP contribution in [0.3, 0.4) is 0 Å². The number of hydrogen-bond donors (Lipinski definition) is 1. The fraction of sp³-hybridized carbons (Fsp3) is 0.818. The Hall–Kier alpha value is -0.940.